The predicted octanol–water partition coefficient (Wildman–Crippen LogP) is 2.78. The summed E-state index contributed by atoms with van der Waals surface area (Å²) in [5.74, 6) is -3.32. The third-order valence-corrected chi connectivity index (χ3v) is 4.69. The first-order valence-electron chi connectivity index (χ1n) is 8.93. The van der Waals surface area contributed by atoms with Crippen molar-refractivity contribution in [1.29, 1.82) is 0 Å². The number of esters is 1. The lowest BCUT2D eigenvalue weighted by Crippen LogP contribution is -2.37. The van der Waals surface area contributed by atoms with Crippen LogP contribution in [-0.2, 0) is 19.1 Å². The van der Waals surface area contributed by atoms with Crippen molar-refractivity contribution in [2.45, 2.75) is 33.6 Å². The van der Waals surface area contributed by atoms with Crippen LogP contribution in [0.5, 0.6) is 0 Å². The van der Waals surface area contributed by atoms with E-state index in [0.717, 1.165) is 0 Å². The lowest BCUT2D eigenvalue weighted by atomic mass is 9.79. The van der Waals surface area contributed by atoms with Crippen LogP contribution in [0.15, 0.2) is 46.8 Å². The van der Waals surface area contributed by atoms with Crippen molar-refractivity contribution < 1.29 is 29.2 Å². The average Bonchev–Trinajstić information content (AvgIpc) is 2.64. The first kappa shape index (κ1) is 21.8. The molecule has 1 heterocycles. The zero-order valence-electron chi connectivity index (χ0n) is 16.6. The second kappa shape index (κ2) is 8.68. The van der Waals surface area contributed by atoms with Gasteiger partial charge in [0.25, 0.3) is 5.69 Å². The van der Waals surface area contributed by atoms with Gasteiger partial charge in [-0.1, -0.05) is 12.1 Å². The van der Waals surface area contributed by atoms with Gasteiger partial charge in [-0.25, -0.2) is 9.59 Å². The summed E-state index contributed by atoms with van der Waals surface area (Å²) in [5, 5.41) is 21.1. The van der Waals surface area contributed by atoms with E-state index in [2.05, 4.69) is 0 Å². The Bertz CT molecular complexity index is 946. The predicted molar refractivity (Wildman–Crippen MR) is 103 cm³/mol. The van der Waals surface area contributed by atoms with Gasteiger partial charge >= 0.3 is 11.9 Å². The number of aliphatic carboxylic acids is 1. The molecule has 1 aromatic carbocycles. The van der Waals surface area contributed by atoms with Gasteiger partial charge in [-0.05, 0) is 33.3 Å². The van der Waals surface area contributed by atoms with E-state index < -0.39 is 22.8 Å². The molecule has 0 aromatic heterocycles. The Morgan fingerprint density at radius 3 is 2.34 bits per heavy atom. The Kier molecular flexibility index (Phi) is 6.53. The van der Waals surface area contributed by atoms with E-state index in [4.69, 9.17) is 4.74 Å². The van der Waals surface area contributed by atoms with Gasteiger partial charge in [-0.15, -0.1) is 0 Å². The molecule has 1 atom stereocenters. The minimum Gasteiger partial charge on any atom is -0.478 e. The number of carboxylic acids is 1. The number of benzene rings is 1. The summed E-state index contributed by atoms with van der Waals surface area (Å²) in [5.41, 5.74) is 0.613. The summed E-state index contributed by atoms with van der Waals surface area (Å²) in [6, 6.07) is 5.49. The molecule has 1 unspecified atom stereocenters. The maximum absolute atomic E-state index is 12.8. The Hall–Kier alpha value is -3.49. The fraction of sp³-hybridized carbons (Fsp3) is 0.350. The minimum atomic E-state index is -1.29. The van der Waals surface area contributed by atoms with Crippen LogP contribution >= 0.6 is 0 Å². The van der Waals surface area contributed by atoms with Gasteiger partial charge in [0.1, 0.15) is 5.78 Å². The topological polar surface area (TPSA) is 127 Å². The van der Waals surface area contributed by atoms with Gasteiger partial charge in [0, 0.05) is 23.5 Å². The molecule has 0 fully saturated rings. The normalized spacial score (nSPS) is 16.7. The molecule has 154 valence electrons. The first-order chi connectivity index (χ1) is 13.6. The summed E-state index contributed by atoms with van der Waals surface area (Å²) < 4.78 is 5.14. The fourth-order valence-electron chi connectivity index (χ4n) is 3.47. The number of nitro benzene ring substituents is 1. The molecule has 1 aliphatic rings. The molecule has 9 heteroatoms. The van der Waals surface area contributed by atoms with Crippen molar-refractivity contribution in [2.24, 2.45) is 0 Å². The number of nitro groups is 1. The lowest BCUT2D eigenvalue weighted by molar-refractivity contribution is -0.384. The van der Waals surface area contributed by atoms with Gasteiger partial charge in [0.2, 0.25) is 0 Å². The highest BCUT2D eigenvalue weighted by Crippen LogP contribution is 2.43. The van der Waals surface area contributed by atoms with E-state index in [1.165, 1.54) is 36.1 Å². The number of Topliss-reactive ketones (excluding diaryl/α,β-unsaturated/α-hetero) is 1. The van der Waals surface area contributed by atoms with E-state index in [1.54, 1.807) is 20.8 Å². The lowest BCUT2D eigenvalue weighted by Gasteiger charge is -2.37. The average molecular weight is 402 g/mol. The van der Waals surface area contributed by atoms with Crippen molar-refractivity contribution in [3.63, 3.8) is 0 Å². The smallest absolute Gasteiger partial charge is 0.336 e. The highest BCUT2D eigenvalue weighted by Gasteiger charge is 2.40. The molecule has 0 radical (unpaired) electrons. The summed E-state index contributed by atoms with van der Waals surface area (Å²) >= 11 is 0. The number of nitrogens with zero attached hydrogens (tertiary/aromatic N) is 2. The maximum Gasteiger partial charge on any atom is 0.336 e. The number of ether oxygens (including phenoxy) is 1. The molecule has 0 amide bonds. The monoisotopic (exact) mass is 402 g/mol. The Balaban J connectivity index is 2.81. The van der Waals surface area contributed by atoms with E-state index in [9.17, 15) is 29.6 Å². The van der Waals surface area contributed by atoms with Crippen LogP contribution in [0.2, 0.25) is 0 Å². The SMILES string of the molecule is CCOC(=O)C1=C(C)N(CC(C)=O)C(C)=C(C(=O)O)C1c1cccc([N+](=O)[O-])c1. The van der Waals surface area contributed by atoms with E-state index >= 15 is 0 Å². The van der Waals surface area contributed by atoms with Gasteiger partial charge < -0.3 is 14.7 Å². The standard InChI is InChI=1S/C20H22N2O7/c1-5-29-20(26)17-13(4)21(10-11(2)23)12(3)16(19(24)25)18(17)14-7-6-8-15(9-14)22(27)28/h6-9,18H,5,10H2,1-4H3,(H,24,25). The Labute approximate surface area is 167 Å². The Morgan fingerprint density at radius 2 is 1.83 bits per heavy atom. The summed E-state index contributed by atoms with van der Waals surface area (Å²) in [6.45, 7) is 6.07. The molecule has 1 aromatic rings. The van der Waals surface area contributed by atoms with Crippen LogP contribution in [0, 0.1) is 10.1 Å². The number of hydrogen-bond acceptors (Lipinski definition) is 7. The number of carbonyl (C=O) groups is 3. The van der Waals surface area contributed by atoms with Crippen molar-refractivity contribution in [2.75, 3.05) is 13.2 Å². The van der Waals surface area contributed by atoms with Crippen LogP contribution in [0.4, 0.5) is 5.69 Å². The molecule has 29 heavy (non-hydrogen) atoms. The van der Waals surface area contributed by atoms with Gasteiger partial charge in [-0.3, -0.25) is 14.9 Å². The van der Waals surface area contributed by atoms with Gasteiger partial charge in [-0.2, -0.15) is 0 Å². The van der Waals surface area contributed by atoms with E-state index in [1.807, 2.05) is 0 Å². The summed E-state index contributed by atoms with van der Waals surface area (Å²) in [6.07, 6.45) is 0. The van der Waals surface area contributed by atoms with Crippen molar-refractivity contribution >= 4 is 23.4 Å². The second-order valence-electron chi connectivity index (χ2n) is 6.60. The molecular formula is C20H22N2O7. The molecule has 0 spiro atoms. The van der Waals surface area contributed by atoms with Crippen molar-refractivity contribution in [1.82, 2.24) is 4.90 Å². The molecule has 0 saturated heterocycles. The molecule has 0 bridgehead atoms. The van der Waals surface area contributed by atoms with Crippen LogP contribution in [0.25, 0.3) is 0 Å². The summed E-state index contributed by atoms with van der Waals surface area (Å²) in [7, 11) is 0. The number of non-ortho nitro benzene ring substituents is 1. The van der Waals surface area contributed by atoms with Crippen molar-refractivity contribution in [3.05, 3.63) is 62.5 Å². The zero-order valence-corrected chi connectivity index (χ0v) is 16.6. The molecule has 0 aliphatic carbocycles. The number of hydrogen-bond donors (Lipinski definition) is 1. The zero-order chi connectivity index (χ0) is 21.9. The van der Waals surface area contributed by atoms with Crippen LogP contribution in [0.1, 0.15) is 39.2 Å². The quantitative estimate of drug-likeness (QED) is 0.419. The molecule has 1 N–H and O–H groups in total. The number of ketones is 1. The highest BCUT2D eigenvalue weighted by atomic mass is 16.6. The third-order valence-electron chi connectivity index (χ3n) is 4.69. The summed E-state index contributed by atoms with van der Waals surface area (Å²) in [4.78, 5) is 48.7. The highest BCUT2D eigenvalue weighted by molar-refractivity contribution is 5.99. The van der Waals surface area contributed by atoms with Crippen molar-refractivity contribution in [3.8, 4) is 0 Å². The number of carbonyl (C=O) groups excluding carboxylic acids is 2. The van der Waals surface area contributed by atoms with E-state index in [0.29, 0.717) is 5.70 Å². The molecule has 9 nitrogen and oxygen atoms in total. The molecular weight excluding hydrogens is 380 g/mol. The molecule has 1 aliphatic heterocycles. The number of carboxylic acid groups (broad SMARTS) is 1. The fourth-order valence-corrected chi connectivity index (χ4v) is 3.47. The van der Waals surface area contributed by atoms with Crippen LogP contribution in [-0.4, -0.2) is 45.8 Å². The third kappa shape index (κ3) is 4.34. The largest absolute Gasteiger partial charge is 0.478 e. The first-order valence-corrected chi connectivity index (χ1v) is 8.93. The van der Waals surface area contributed by atoms with Gasteiger partial charge in [0.15, 0.2) is 0 Å². The van der Waals surface area contributed by atoms with Gasteiger partial charge in [0.05, 0.1) is 35.1 Å². The maximum atomic E-state index is 12.8. The van der Waals surface area contributed by atoms with Crippen LogP contribution < -0.4 is 0 Å². The molecule has 0 saturated carbocycles. The number of rotatable bonds is 7. The second-order valence-corrected chi connectivity index (χ2v) is 6.60. The molecule has 2 rings (SSSR count). The van der Waals surface area contributed by atoms with E-state index in [-0.39, 0.29) is 47.0 Å². The Morgan fingerprint density at radius 1 is 1.21 bits per heavy atom. The van der Waals surface area contributed by atoms with Crippen LogP contribution in [0.3, 0.4) is 0 Å². The number of allylic oxidation sites excluding steroid dienone is 2. The minimum absolute atomic E-state index is 0.0385.